The van der Waals surface area contributed by atoms with Gasteiger partial charge in [-0.25, -0.2) is 4.39 Å². The van der Waals surface area contributed by atoms with Gasteiger partial charge in [0.1, 0.15) is 0 Å². The Balaban J connectivity index is 2.21. The molecule has 0 aliphatic carbocycles. The van der Waals surface area contributed by atoms with Crippen LogP contribution in [0.4, 0.5) is 4.39 Å². The van der Waals surface area contributed by atoms with Crippen molar-refractivity contribution in [1.82, 2.24) is 0 Å². The van der Waals surface area contributed by atoms with Crippen LogP contribution in [0.25, 0.3) is 0 Å². The molecule has 0 spiro atoms. The predicted molar refractivity (Wildman–Crippen MR) is 91.0 cm³/mol. The lowest BCUT2D eigenvalue weighted by Crippen LogP contribution is -2.35. The zero-order chi connectivity index (χ0) is 16.1. The maximum atomic E-state index is 15.7. The van der Waals surface area contributed by atoms with Crippen LogP contribution >= 0.6 is 0 Å². The summed E-state index contributed by atoms with van der Waals surface area (Å²) in [5.41, 5.74) is 1.02. The molecule has 0 bridgehead atoms. The third-order valence-corrected chi connectivity index (χ3v) is 4.18. The summed E-state index contributed by atoms with van der Waals surface area (Å²) in [6.45, 7) is 0. The van der Waals surface area contributed by atoms with E-state index in [2.05, 4.69) is 0 Å². The molecular weight excluding hydrogens is 287 g/mol. The summed E-state index contributed by atoms with van der Waals surface area (Å²) in [4.78, 5) is 0. The highest BCUT2D eigenvalue weighted by Crippen LogP contribution is 2.46. The number of methoxy groups -OCH3 is 1. The maximum absolute atomic E-state index is 15.7. The average Bonchev–Trinajstić information content (AvgIpc) is 2.65. The largest absolute Gasteiger partial charge is 0.365 e. The Morgan fingerprint density at radius 1 is 0.696 bits per heavy atom. The minimum atomic E-state index is -1.32. The van der Waals surface area contributed by atoms with E-state index in [0.717, 1.165) is 11.1 Å². The molecule has 0 aliphatic heterocycles. The van der Waals surface area contributed by atoms with Crippen LogP contribution < -0.4 is 0 Å². The summed E-state index contributed by atoms with van der Waals surface area (Å²) in [6, 6.07) is 28.3. The third kappa shape index (κ3) is 2.78. The van der Waals surface area contributed by atoms with Gasteiger partial charge in [-0.15, -0.1) is 0 Å². The van der Waals surface area contributed by atoms with Crippen molar-refractivity contribution in [3.63, 3.8) is 0 Å². The van der Waals surface area contributed by atoms with E-state index in [0.29, 0.717) is 5.56 Å². The highest BCUT2D eigenvalue weighted by molar-refractivity contribution is 5.41. The van der Waals surface area contributed by atoms with Crippen LogP contribution in [0.15, 0.2) is 91.0 Å². The lowest BCUT2D eigenvalue weighted by molar-refractivity contribution is -0.0455. The Bertz CT molecular complexity index is 686. The van der Waals surface area contributed by atoms with E-state index in [4.69, 9.17) is 4.74 Å². The average molecular weight is 306 g/mol. The van der Waals surface area contributed by atoms with Gasteiger partial charge in [0.2, 0.25) is 0 Å². The zero-order valence-electron chi connectivity index (χ0n) is 13.0. The number of ether oxygens (including phenoxy) is 1. The van der Waals surface area contributed by atoms with Gasteiger partial charge in [-0.2, -0.15) is 0 Å². The smallest absolute Gasteiger partial charge is 0.162 e. The van der Waals surface area contributed by atoms with Crippen LogP contribution in [-0.4, -0.2) is 7.11 Å². The molecule has 0 amide bonds. The number of hydrogen-bond donors (Lipinski definition) is 0. The van der Waals surface area contributed by atoms with E-state index in [1.807, 2.05) is 78.9 Å². The number of halogens is 1. The Morgan fingerprint density at radius 3 is 1.48 bits per heavy atom. The molecule has 3 aromatic carbocycles. The van der Waals surface area contributed by atoms with Gasteiger partial charge < -0.3 is 4.74 Å². The van der Waals surface area contributed by atoms with E-state index in [1.165, 1.54) is 0 Å². The Kier molecular flexibility index (Phi) is 4.54. The topological polar surface area (TPSA) is 9.23 Å². The fourth-order valence-corrected chi connectivity index (χ4v) is 3.03. The predicted octanol–water partition coefficient (Wildman–Crippen LogP) is 5.29. The van der Waals surface area contributed by atoms with Crippen molar-refractivity contribution in [2.45, 2.75) is 11.8 Å². The Morgan fingerprint density at radius 2 is 1.09 bits per heavy atom. The molecule has 0 N–H and O–H groups in total. The molecule has 0 aliphatic rings. The van der Waals surface area contributed by atoms with Crippen LogP contribution in [0.3, 0.4) is 0 Å². The fourth-order valence-electron chi connectivity index (χ4n) is 3.03. The molecule has 0 saturated carbocycles. The molecule has 0 radical (unpaired) electrons. The summed E-state index contributed by atoms with van der Waals surface area (Å²) < 4.78 is 21.6. The second-order valence-electron chi connectivity index (χ2n) is 5.45. The molecule has 0 fully saturated rings. The van der Waals surface area contributed by atoms with Crippen molar-refractivity contribution in [2.24, 2.45) is 0 Å². The third-order valence-electron chi connectivity index (χ3n) is 4.18. The van der Waals surface area contributed by atoms with Crippen LogP contribution in [0.5, 0.6) is 0 Å². The van der Waals surface area contributed by atoms with E-state index >= 15 is 4.39 Å². The van der Waals surface area contributed by atoms with E-state index in [1.54, 1.807) is 19.2 Å². The van der Waals surface area contributed by atoms with Crippen molar-refractivity contribution in [2.75, 3.05) is 7.11 Å². The fraction of sp³-hybridized carbons (Fsp3) is 0.143. The van der Waals surface area contributed by atoms with Gasteiger partial charge in [-0.05, 0) is 16.7 Å². The summed E-state index contributed by atoms with van der Waals surface area (Å²) in [7, 11) is 1.56. The van der Waals surface area contributed by atoms with Crippen molar-refractivity contribution in [1.29, 1.82) is 0 Å². The SMILES string of the molecule is COC(c1ccccc1)(c1ccccc1)C(F)c1ccccc1. The molecule has 1 unspecified atom stereocenters. The van der Waals surface area contributed by atoms with E-state index < -0.39 is 11.8 Å². The number of alkyl halides is 1. The monoisotopic (exact) mass is 306 g/mol. The lowest BCUT2D eigenvalue weighted by atomic mass is 9.79. The minimum Gasteiger partial charge on any atom is -0.365 e. The molecular formula is C21H19FO. The van der Waals surface area contributed by atoms with Gasteiger partial charge >= 0.3 is 0 Å². The summed E-state index contributed by atoms with van der Waals surface area (Å²) in [5.74, 6) is 0. The van der Waals surface area contributed by atoms with Gasteiger partial charge in [-0.1, -0.05) is 91.0 Å². The molecule has 0 aromatic heterocycles. The van der Waals surface area contributed by atoms with Crippen molar-refractivity contribution >= 4 is 0 Å². The van der Waals surface area contributed by atoms with Gasteiger partial charge in [-0.3, -0.25) is 0 Å². The van der Waals surface area contributed by atoms with Gasteiger partial charge in [0, 0.05) is 7.11 Å². The first kappa shape index (κ1) is 15.4. The van der Waals surface area contributed by atoms with Crippen LogP contribution in [-0.2, 0) is 10.3 Å². The van der Waals surface area contributed by atoms with Crippen LogP contribution in [0, 0.1) is 0 Å². The van der Waals surface area contributed by atoms with Crippen LogP contribution in [0.1, 0.15) is 22.9 Å². The molecule has 23 heavy (non-hydrogen) atoms. The lowest BCUT2D eigenvalue weighted by Gasteiger charge is -2.36. The van der Waals surface area contributed by atoms with Crippen molar-refractivity contribution in [3.8, 4) is 0 Å². The Hall–Kier alpha value is -2.45. The van der Waals surface area contributed by atoms with Gasteiger partial charge in [0.15, 0.2) is 11.8 Å². The van der Waals surface area contributed by atoms with Crippen LogP contribution in [0.2, 0.25) is 0 Å². The first-order valence-electron chi connectivity index (χ1n) is 7.64. The molecule has 3 aromatic rings. The Labute approximate surface area is 136 Å². The first-order chi connectivity index (χ1) is 11.3. The summed E-state index contributed by atoms with van der Waals surface area (Å²) >= 11 is 0. The normalized spacial score (nSPS) is 12.8. The van der Waals surface area contributed by atoms with E-state index in [-0.39, 0.29) is 0 Å². The van der Waals surface area contributed by atoms with Gasteiger partial charge in [0.25, 0.3) is 0 Å². The first-order valence-corrected chi connectivity index (χ1v) is 7.64. The molecule has 0 saturated heterocycles. The van der Waals surface area contributed by atoms with Crippen molar-refractivity contribution in [3.05, 3.63) is 108 Å². The minimum absolute atomic E-state index is 0.599. The van der Waals surface area contributed by atoms with E-state index in [9.17, 15) is 0 Å². The highest BCUT2D eigenvalue weighted by atomic mass is 19.1. The highest BCUT2D eigenvalue weighted by Gasteiger charge is 2.43. The molecule has 3 rings (SSSR count). The molecule has 2 heteroatoms. The standard InChI is InChI=1S/C21H19FO/c1-23-21(18-13-7-3-8-14-18,19-15-9-4-10-16-19)20(22)17-11-5-2-6-12-17/h2-16,20H,1H3. The maximum Gasteiger partial charge on any atom is 0.162 e. The molecule has 0 heterocycles. The molecule has 1 nitrogen and oxygen atoms in total. The molecule has 1 atom stereocenters. The number of benzene rings is 3. The zero-order valence-corrected chi connectivity index (χ0v) is 13.0. The number of hydrogen-bond acceptors (Lipinski definition) is 1. The van der Waals surface area contributed by atoms with Crippen molar-refractivity contribution < 1.29 is 9.13 Å². The van der Waals surface area contributed by atoms with Gasteiger partial charge in [0.05, 0.1) is 0 Å². The second kappa shape index (κ2) is 6.76. The number of rotatable bonds is 5. The summed E-state index contributed by atoms with van der Waals surface area (Å²) in [6.07, 6.45) is -1.32. The second-order valence-corrected chi connectivity index (χ2v) is 5.45. The molecule has 116 valence electrons. The quantitative estimate of drug-likeness (QED) is 0.622. The summed E-state index contributed by atoms with van der Waals surface area (Å²) in [5, 5.41) is 0.